The second-order valence-corrected chi connectivity index (χ2v) is 5.10. The van der Waals surface area contributed by atoms with Crippen molar-refractivity contribution in [1.29, 1.82) is 0 Å². The summed E-state index contributed by atoms with van der Waals surface area (Å²) in [6.45, 7) is 2.07. The Hall–Kier alpha value is -2.95. The number of nitrogens with zero attached hydrogens (tertiary/aromatic N) is 2. The van der Waals surface area contributed by atoms with Crippen LogP contribution in [0.25, 0.3) is 6.08 Å². The predicted octanol–water partition coefficient (Wildman–Crippen LogP) is 2.57. The fraction of sp³-hybridized carbons (Fsp3) is 0.167. The SMILES string of the molecule is CCc1cc(/C=C2/N=C(c3ccncc3)NC2=O)ccc1OC. The van der Waals surface area contributed by atoms with Gasteiger partial charge in [-0.3, -0.25) is 9.78 Å². The lowest BCUT2D eigenvalue weighted by molar-refractivity contribution is -0.115. The number of amidine groups is 1. The molecule has 5 heteroatoms. The zero-order valence-corrected chi connectivity index (χ0v) is 13.0. The molecule has 5 nitrogen and oxygen atoms in total. The summed E-state index contributed by atoms with van der Waals surface area (Å²) in [4.78, 5) is 20.5. The number of carbonyl (C=O) groups excluding carboxylic acids is 1. The molecular formula is C18H17N3O2. The third-order valence-electron chi connectivity index (χ3n) is 3.64. The number of aromatic nitrogens is 1. The molecule has 1 amide bonds. The van der Waals surface area contributed by atoms with Crippen LogP contribution in [0.4, 0.5) is 0 Å². The standard InChI is InChI=1S/C18H17N3O2/c1-3-13-10-12(4-5-16(13)23-2)11-15-18(22)21-17(20-15)14-6-8-19-9-7-14/h4-11H,3H2,1-2H3,(H,20,21,22)/b15-11+. The van der Waals surface area contributed by atoms with Crippen molar-refractivity contribution in [3.8, 4) is 5.75 Å². The Morgan fingerprint density at radius 1 is 1.22 bits per heavy atom. The van der Waals surface area contributed by atoms with Crippen molar-refractivity contribution in [2.24, 2.45) is 4.99 Å². The normalized spacial score (nSPS) is 15.5. The molecule has 0 fully saturated rings. The number of hydrogen-bond acceptors (Lipinski definition) is 4. The van der Waals surface area contributed by atoms with Gasteiger partial charge in [0.05, 0.1) is 7.11 Å². The predicted molar refractivity (Wildman–Crippen MR) is 89.3 cm³/mol. The Kier molecular flexibility index (Phi) is 4.19. The minimum atomic E-state index is -0.203. The topological polar surface area (TPSA) is 63.6 Å². The Labute approximate surface area is 134 Å². The van der Waals surface area contributed by atoms with Crippen LogP contribution in [0.5, 0.6) is 5.75 Å². The zero-order chi connectivity index (χ0) is 16.2. The number of benzene rings is 1. The first-order valence-electron chi connectivity index (χ1n) is 7.40. The highest BCUT2D eigenvalue weighted by Crippen LogP contribution is 2.22. The lowest BCUT2D eigenvalue weighted by atomic mass is 10.1. The number of amides is 1. The average molecular weight is 307 g/mol. The molecule has 1 aromatic heterocycles. The molecule has 0 atom stereocenters. The van der Waals surface area contributed by atoms with Gasteiger partial charge < -0.3 is 10.1 Å². The fourth-order valence-electron chi connectivity index (χ4n) is 2.44. The lowest BCUT2D eigenvalue weighted by Gasteiger charge is -2.07. The van der Waals surface area contributed by atoms with E-state index >= 15 is 0 Å². The second kappa shape index (κ2) is 6.44. The van der Waals surface area contributed by atoms with Gasteiger partial charge in [0.1, 0.15) is 17.3 Å². The van der Waals surface area contributed by atoms with Gasteiger partial charge in [0.15, 0.2) is 0 Å². The summed E-state index contributed by atoms with van der Waals surface area (Å²) >= 11 is 0. The molecule has 1 aliphatic heterocycles. The quantitative estimate of drug-likeness (QED) is 0.883. The maximum Gasteiger partial charge on any atom is 0.275 e. The monoisotopic (exact) mass is 307 g/mol. The first-order valence-corrected chi connectivity index (χ1v) is 7.40. The van der Waals surface area contributed by atoms with E-state index in [2.05, 4.69) is 22.2 Å². The lowest BCUT2D eigenvalue weighted by Crippen LogP contribution is -2.24. The highest BCUT2D eigenvalue weighted by Gasteiger charge is 2.21. The molecule has 2 aromatic rings. The van der Waals surface area contributed by atoms with Crippen molar-refractivity contribution in [2.45, 2.75) is 13.3 Å². The number of carbonyl (C=O) groups is 1. The number of pyridine rings is 1. The summed E-state index contributed by atoms with van der Waals surface area (Å²) < 4.78 is 5.32. The number of rotatable bonds is 4. The fourth-order valence-corrected chi connectivity index (χ4v) is 2.44. The van der Waals surface area contributed by atoms with Gasteiger partial charge in [0.25, 0.3) is 5.91 Å². The molecule has 2 heterocycles. The molecule has 1 aliphatic rings. The number of hydrogen-bond donors (Lipinski definition) is 1. The van der Waals surface area contributed by atoms with E-state index in [1.807, 2.05) is 30.3 Å². The van der Waals surface area contributed by atoms with Crippen LogP contribution in [0.2, 0.25) is 0 Å². The number of ether oxygens (including phenoxy) is 1. The van der Waals surface area contributed by atoms with Gasteiger partial charge in [-0.2, -0.15) is 0 Å². The van der Waals surface area contributed by atoms with Gasteiger partial charge in [-0.15, -0.1) is 0 Å². The molecular weight excluding hydrogens is 290 g/mol. The molecule has 1 aromatic carbocycles. The van der Waals surface area contributed by atoms with Crippen LogP contribution < -0.4 is 10.1 Å². The van der Waals surface area contributed by atoms with Crippen molar-refractivity contribution in [3.05, 3.63) is 65.1 Å². The summed E-state index contributed by atoms with van der Waals surface area (Å²) in [6, 6.07) is 9.46. The largest absolute Gasteiger partial charge is 0.496 e. The van der Waals surface area contributed by atoms with Crippen molar-refractivity contribution in [2.75, 3.05) is 7.11 Å². The van der Waals surface area contributed by atoms with Crippen molar-refractivity contribution in [3.63, 3.8) is 0 Å². The van der Waals surface area contributed by atoms with Gasteiger partial charge in [-0.1, -0.05) is 13.0 Å². The van der Waals surface area contributed by atoms with E-state index in [1.165, 1.54) is 0 Å². The van der Waals surface area contributed by atoms with Gasteiger partial charge in [0, 0.05) is 18.0 Å². The summed E-state index contributed by atoms with van der Waals surface area (Å²) in [7, 11) is 1.66. The summed E-state index contributed by atoms with van der Waals surface area (Å²) in [5, 5.41) is 2.78. The Morgan fingerprint density at radius 3 is 2.70 bits per heavy atom. The van der Waals surface area contributed by atoms with E-state index in [-0.39, 0.29) is 5.91 Å². The molecule has 116 valence electrons. The van der Waals surface area contributed by atoms with Crippen LogP contribution >= 0.6 is 0 Å². The molecule has 23 heavy (non-hydrogen) atoms. The molecule has 0 spiro atoms. The molecule has 0 saturated carbocycles. The maximum absolute atomic E-state index is 12.1. The van der Waals surface area contributed by atoms with Crippen molar-refractivity contribution in [1.82, 2.24) is 10.3 Å². The number of methoxy groups -OCH3 is 1. The van der Waals surface area contributed by atoms with E-state index in [9.17, 15) is 4.79 Å². The summed E-state index contributed by atoms with van der Waals surface area (Å²) in [5.41, 5.74) is 3.25. The van der Waals surface area contributed by atoms with Crippen LogP contribution in [0.1, 0.15) is 23.6 Å². The van der Waals surface area contributed by atoms with E-state index in [0.29, 0.717) is 11.5 Å². The Bertz CT molecular complexity index is 795. The smallest absolute Gasteiger partial charge is 0.275 e. The van der Waals surface area contributed by atoms with Crippen LogP contribution in [-0.2, 0) is 11.2 Å². The van der Waals surface area contributed by atoms with Gasteiger partial charge in [-0.05, 0) is 47.9 Å². The van der Waals surface area contributed by atoms with Crippen LogP contribution in [0, 0.1) is 0 Å². The summed E-state index contributed by atoms with van der Waals surface area (Å²) in [6.07, 6.45) is 5.98. The maximum atomic E-state index is 12.1. The van der Waals surface area contributed by atoms with E-state index < -0.39 is 0 Å². The van der Waals surface area contributed by atoms with Gasteiger partial charge in [-0.25, -0.2) is 4.99 Å². The molecule has 0 bridgehead atoms. The van der Waals surface area contributed by atoms with Gasteiger partial charge in [0.2, 0.25) is 0 Å². The summed E-state index contributed by atoms with van der Waals surface area (Å²) in [5.74, 6) is 1.20. The van der Waals surface area contributed by atoms with E-state index in [1.54, 1.807) is 25.6 Å². The van der Waals surface area contributed by atoms with Crippen LogP contribution in [0.15, 0.2) is 53.4 Å². The molecule has 0 aliphatic carbocycles. The first-order chi connectivity index (χ1) is 11.2. The van der Waals surface area contributed by atoms with Crippen molar-refractivity contribution >= 4 is 17.8 Å². The Morgan fingerprint density at radius 2 is 2.00 bits per heavy atom. The minimum absolute atomic E-state index is 0.203. The molecule has 0 saturated heterocycles. The highest BCUT2D eigenvalue weighted by molar-refractivity contribution is 6.19. The first kappa shape index (κ1) is 15.0. The third-order valence-corrected chi connectivity index (χ3v) is 3.64. The number of nitrogens with one attached hydrogen (secondary N) is 1. The van der Waals surface area contributed by atoms with Gasteiger partial charge >= 0.3 is 0 Å². The average Bonchev–Trinajstić information content (AvgIpc) is 2.96. The van der Waals surface area contributed by atoms with E-state index in [0.717, 1.165) is 28.9 Å². The van der Waals surface area contributed by atoms with Crippen molar-refractivity contribution < 1.29 is 9.53 Å². The second-order valence-electron chi connectivity index (χ2n) is 5.10. The zero-order valence-electron chi connectivity index (χ0n) is 13.0. The minimum Gasteiger partial charge on any atom is -0.496 e. The molecule has 1 N–H and O–H groups in total. The number of aryl methyl sites for hydroxylation is 1. The van der Waals surface area contributed by atoms with Crippen LogP contribution in [-0.4, -0.2) is 23.8 Å². The molecule has 3 rings (SSSR count). The van der Waals surface area contributed by atoms with Crippen LogP contribution in [0.3, 0.4) is 0 Å². The number of aliphatic imine (C=N–C) groups is 1. The molecule has 0 unspecified atom stereocenters. The molecule has 0 radical (unpaired) electrons. The third kappa shape index (κ3) is 3.13. The highest BCUT2D eigenvalue weighted by atomic mass is 16.5. The Balaban J connectivity index is 1.93. The van der Waals surface area contributed by atoms with E-state index in [4.69, 9.17) is 4.74 Å².